The predicted molar refractivity (Wildman–Crippen MR) is 74.0 cm³/mol. The fourth-order valence-electron chi connectivity index (χ4n) is 1.78. The summed E-state index contributed by atoms with van der Waals surface area (Å²) < 4.78 is 5.09. The third kappa shape index (κ3) is 4.19. The lowest BCUT2D eigenvalue weighted by molar-refractivity contribution is 0.206. The molecule has 0 saturated heterocycles. The molecule has 0 aliphatic rings. The van der Waals surface area contributed by atoms with Crippen LogP contribution in [0.5, 0.6) is 0 Å². The van der Waals surface area contributed by atoms with Crippen molar-refractivity contribution in [3.05, 3.63) is 28.8 Å². The second-order valence-corrected chi connectivity index (χ2v) is 4.74. The van der Waals surface area contributed by atoms with Gasteiger partial charge < -0.3 is 15.4 Å². The molecule has 0 amide bonds. The third-order valence-electron chi connectivity index (χ3n) is 2.66. The van der Waals surface area contributed by atoms with E-state index in [-0.39, 0.29) is 6.04 Å². The van der Waals surface area contributed by atoms with Gasteiger partial charge >= 0.3 is 0 Å². The lowest BCUT2D eigenvalue weighted by Crippen LogP contribution is -2.25. The first-order valence-corrected chi connectivity index (χ1v) is 6.17. The molecule has 1 aromatic rings. The Kier molecular flexibility index (Phi) is 5.75. The third-order valence-corrected chi connectivity index (χ3v) is 3.02. The van der Waals surface area contributed by atoms with Crippen LogP contribution in [0.15, 0.2) is 18.2 Å². The second kappa shape index (κ2) is 6.84. The monoisotopic (exact) mass is 256 g/mol. The van der Waals surface area contributed by atoms with Crippen LogP contribution in [-0.2, 0) is 11.2 Å². The molecular formula is C13H21ClN2O. The molecular weight excluding hydrogens is 236 g/mol. The van der Waals surface area contributed by atoms with Gasteiger partial charge in [0.05, 0.1) is 6.61 Å². The highest BCUT2D eigenvalue weighted by molar-refractivity contribution is 6.31. The van der Waals surface area contributed by atoms with Crippen molar-refractivity contribution in [2.75, 3.05) is 32.2 Å². The average molecular weight is 257 g/mol. The Labute approximate surface area is 109 Å². The maximum atomic E-state index is 6.24. The number of nitrogens with zero attached hydrogens (tertiary/aromatic N) is 1. The summed E-state index contributed by atoms with van der Waals surface area (Å²) in [5.74, 6) is 0. The van der Waals surface area contributed by atoms with Crippen molar-refractivity contribution >= 4 is 17.3 Å². The molecule has 0 aliphatic heterocycles. The van der Waals surface area contributed by atoms with Crippen LogP contribution in [0, 0.1) is 0 Å². The van der Waals surface area contributed by atoms with Crippen molar-refractivity contribution in [3.63, 3.8) is 0 Å². The van der Waals surface area contributed by atoms with E-state index in [1.54, 1.807) is 7.11 Å². The molecule has 96 valence electrons. The van der Waals surface area contributed by atoms with Gasteiger partial charge in [-0.05, 0) is 31.0 Å². The number of benzene rings is 1. The largest absolute Gasteiger partial charge is 0.383 e. The molecule has 17 heavy (non-hydrogen) atoms. The van der Waals surface area contributed by atoms with Crippen LogP contribution in [-0.4, -0.2) is 33.4 Å². The highest BCUT2D eigenvalue weighted by Crippen LogP contribution is 2.27. The Morgan fingerprint density at radius 2 is 2.18 bits per heavy atom. The van der Waals surface area contributed by atoms with Gasteiger partial charge in [0.25, 0.3) is 0 Å². The Morgan fingerprint density at radius 3 is 2.76 bits per heavy atom. The molecule has 0 aliphatic carbocycles. The van der Waals surface area contributed by atoms with Crippen molar-refractivity contribution in [3.8, 4) is 0 Å². The maximum absolute atomic E-state index is 6.24. The normalized spacial score (nSPS) is 12.5. The molecule has 0 aromatic heterocycles. The van der Waals surface area contributed by atoms with Crippen molar-refractivity contribution in [1.29, 1.82) is 0 Å². The van der Waals surface area contributed by atoms with E-state index in [9.17, 15) is 0 Å². The quantitative estimate of drug-likeness (QED) is 0.849. The van der Waals surface area contributed by atoms with Crippen LogP contribution in [0.4, 0.5) is 5.69 Å². The number of hydrogen-bond acceptors (Lipinski definition) is 3. The number of likely N-dealkylation sites (N-methyl/N-ethyl adjacent to an activating group) is 1. The summed E-state index contributed by atoms with van der Waals surface area (Å²) in [7, 11) is 3.74. The Bertz CT molecular complexity index is 355. The van der Waals surface area contributed by atoms with E-state index in [4.69, 9.17) is 22.1 Å². The average Bonchev–Trinajstić information content (AvgIpc) is 2.28. The van der Waals surface area contributed by atoms with Gasteiger partial charge in [0.1, 0.15) is 0 Å². The standard InChI is InChI=1S/C13H21ClN2O/c1-10(15)9-11-12(14)5-4-6-13(11)16(2)7-8-17-3/h4-6,10H,7-9,15H2,1-3H3. The van der Waals surface area contributed by atoms with Crippen molar-refractivity contribution in [2.45, 2.75) is 19.4 Å². The summed E-state index contributed by atoms with van der Waals surface area (Å²) >= 11 is 6.24. The Balaban J connectivity index is 2.92. The highest BCUT2D eigenvalue weighted by Gasteiger charge is 2.12. The first-order valence-electron chi connectivity index (χ1n) is 5.79. The molecule has 1 rings (SSSR count). The van der Waals surface area contributed by atoms with Gasteiger partial charge in [0.15, 0.2) is 0 Å². The number of hydrogen-bond donors (Lipinski definition) is 1. The van der Waals surface area contributed by atoms with Gasteiger partial charge in [-0.25, -0.2) is 0 Å². The first-order chi connectivity index (χ1) is 8.06. The molecule has 1 aromatic carbocycles. The molecule has 0 fully saturated rings. The van der Waals surface area contributed by atoms with Crippen molar-refractivity contribution < 1.29 is 4.74 Å². The maximum Gasteiger partial charge on any atom is 0.0637 e. The number of halogens is 1. The van der Waals surface area contributed by atoms with Gasteiger partial charge in [0, 0.05) is 37.5 Å². The van der Waals surface area contributed by atoms with Gasteiger partial charge in [-0.15, -0.1) is 0 Å². The number of methoxy groups -OCH3 is 1. The Hall–Kier alpha value is -0.770. The summed E-state index contributed by atoms with van der Waals surface area (Å²) in [4.78, 5) is 2.15. The van der Waals surface area contributed by atoms with Crippen LogP contribution < -0.4 is 10.6 Å². The van der Waals surface area contributed by atoms with E-state index in [2.05, 4.69) is 11.0 Å². The first kappa shape index (κ1) is 14.3. The molecule has 1 atom stereocenters. The topological polar surface area (TPSA) is 38.5 Å². The number of rotatable bonds is 6. The van der Waals surface area contributed by atoms with Gasteiger partial charge in [-0.2, -0.15) is 0 Å². The minimum absolute atomic E-state index is 0.101. The summed E-state index contributed by atoms with van der Waals surface area (Å²) in [6.45, 7) is 3.52. The van der Waals surface area contributed by atoms with E-state index in [1.165, 1.54) is 0 Å². The molecule has 3 nitrogen and oxygen atoms in total. The van der Waals surface area contributed by atoms with E-state index < -0.39 is 0 Å². The zero-order valence-electron chi connectivity index (χ0n) is 10.7. The van der Waals surface area contributed by atoms with Crippen LogP contribution in [0.1, 0.15) is 12.5 Å². The van der Waals surface area contributed by atoms with E-state index in [0.29, 0.717) is 6.61 Å². The molecule has 1 unspecified atom stereocenters. The van der Waals surface area contributed by atoms with E-state index in [0.717, 1.165) is 29.2 Å². The molecule has 0 bridgehead atoms. The van der Waals surface area contributed by atoms with Crippen molar-refractivity contribution in [2.24, 2.45) is 5.73 Å². The minimum atomic E-state index is 0.101. The summed E-state index contributed by atoms with van der Waals surface area (Å²) in [5.41, 5.74) is 8.11. The summed E-state index contributed by atoms with van der Waals surface area (Å²) in [6.07, 6.45) is 0.784. The SMILES string of the molecule is COCCN(C)c1cccc(Cl)c1CC(C)N. The fraction of sp³-hybridized carbons (Fsp3) is 0.538. The molecule has 0 saturated carbocycles. The van der Waals surface area contributed by atoms with Crippen LogP contribution >= 0.6 is 11.6 Å². The molecule has 0 heterocycles. The number of nitrogens with two attached hydrogens (primary N) is 1. The second-order valence-electron chi connectivity index (χ2n) is 4.33. The highest BCUT2D eigenvalue weighted by atomic mass is 35.5. The smallest absolute Gasteiger partial charge is 0.0637 e. The number of ether oxygens (including phenoxy) is 1. The zero-order chi connectivity index (χ0) is 12.8. The van der Waals surface area contributed by atoms with Crippen LogP contribution in [0.2, 0.25) is 5.02 Å². The van der Waals surface area contributed by atoms with Gasteiger partial charge in [-0.1, -0.05) is 17.7 Å². The van der Waals surface area contributed by atoms with Crippen LogP contribution in [0.3, 0.4) is 0 Å². The molecule has 0 spiro atoms. The molecule has 4 heteroatoms. The van der Waals surface area contributed by atoms with Crippen molar-refractivity contribution in [1.82, 2.24) is 0 Å². The van der Waals surface area contributed by atoms with E-state index >= 15 is 0 Å². The van der Waals surface area contributed by atoms with Crippen LogP contribution in [0.25, 0.3) is 0 Å². The van der Waals surface area contributed by atoms with E-state index in [1.807, 2.05) is 26.1 Å². The summed E-state index contributed by atoms with van der Waals surface area (Å²) in [5, 5.41) is 0.782. The predicted octanol–water partition coefficient (Wildman–Crippen LogP) is 2.31. The Morgan fingerprint density at radius 1 is 1.47 bits per heavy atom. The van der Waals surface area contributed by atoms with Gasteiger partial charge in [-0.3, -0.25) is 0 Å². The fourth-order valence-corrected chi connectivity index (χ4v) is 2.02. The summed E-state index contributed by atoms with van der Waals surface area (Å²) in [6, 6.07) is 6.04. The lowest BCUT2D eigenvalue weighted by atomic mass is 10.0. The number of anilines is 1. The molecule has 0 radical (unpaired) electrons. The minimum Gasteiger partial charge on any atom is -0.383 e. The van der Waals surface area contributed by atoms with Gasteiger partial charge in [0.2, 0.25) is 0 Å². The lowest BCUT2D eigenvalue weighted by Gasteiger charge is -2.23. The molecule has 2 N–H and O–H groups in total. The zero-order valence-corrected chi connectivity index (χ0v) is 11.5.